The number of carbonyl (C=O) groups is 1. The molecular formula is C22H27ClN2O6. The Kier molecular flexibility index (Phi) is 7.84. The minimum absolute atomic E-state index is 0. The van der Waals surface area contributed by atoms with Crippen LogP contribution >= 0.6 is 12.4 Å². The molecule has 2 aromatic carbocycles. The van der Waals surface area contributed by atoms with Gasteiger partial charge in [0, 0.05) is 31.3 Å². The highest BCUT2D eigenvalue weighted by Gasteiger charge is 2.25. The quantitative estimate of drug-likeness (QED) is 0.694. The summed E-state index contributed by atoms with van der Waals surface area (Å²) in [6.07, 6.45) is 0. The molecule has 2 heterocycles. The summed E-state index contributed by atoms with van der Waals surface area (Å²) in [5.41, 5.74) is 1.54. The van der Waals surface area contributed by atoms with Crippen LogP contribution in [0.1, 0.15) is 22.0 Å². The summed E-state index contributed by atoms with van der Waals surface area (Å²) in [6, 6.07) is 11.0. The van der Waals surface area contributed by atoms with E-state index in [2.05, 4.69) is 10.2 Å². The van der Waals surface area contributed by atoms with Gasteiger partial charge in [-0.2, -0.15) is 0 Å². The van der Waals surface area contributed by atoms with E-state index in [1.54, 1.807) is 32.4 Å². The number of carbonyl (C=O) groups excluding carboxylic acids is 1. The molecule has 0 radical (unpaired) electrons. The predicted molar refractivity (Wildman–Crippen MR) is 117 cm³/mol. The Balaban J connectivity index is 0.00000272. The molecule has 0 aliphatic carbocycles. The number of morpholine rings is 1. The highest BCUT2D eigenvalue weighted by Crippen LogP contribution is 2.35. The number of halogens is 1. The number of benzene rings is 2. The average molecular weight is 451 g/mol. The summed E-state index contributed by atoms with van der Waals surface area (Å²) in [4.78, 5) is 15.2. The van der Waals surface area contributed by atoms with E-state index in [0.29, 0.717) is 36.8 Å². The maximum Gasteiger partial charge on any atom is 0.251 e. The van der Waals surface area contributed by atoms with Gasteiger partial charge in [0.1, 0.15) is 11.5 Å². The SMILES string of the molecule is COc1cc(OC)cc(C(=O)NCC(c2ccc3c(c2)OCO3)N2CCOCC2)c1.Cl. The van der Waals surface area contributed by atoms with Crippen molar-refractivity contribution < 1.29 is 28.5 Å². The number of nitrogens with one attached hydrogen (secondary N) is 1. The predicted octanol–water partition coefficient (Wildman–Crippen LogP) is 2.66. The van der Waals surface area contributed by atoms with Gasteiger partial charge in [0.2, 0.25) is 6.79 Å². The number of nitrogens with zero attached hydrogens (tertiary/aromatic N) is 1. The summed E-state index contributed by atoms with van der Waals surface area (Å²) in [7, 11) is 3.12. The Morgan fingerprint density at radius 3 is 2.39 bits per heavy atom. The fraction of sp³-hybridized carbons (Fsp3) is 0.409. The van der Waals surface area contributed by atoms with Crippen molar-refractivity contribution in [2.45, 2.75) is 6.04 Å². The lowest BCUT2D eigenvalue weighted by Crippen LogP contribution is -2.43. The standard InChI is InChI=1S/C22H26N2O6.ClH/c1-26-17-9-16(10-18(12-17)27-2)22(25)23-13-19(24-5-7-28-8-6-24)15-3-4-20-21(11-15)30-14-29-20;/h3-4,9-12,19H,5-8,13-14H2,1-2H3,(H,23,25);1H. The van der Waals surface area contributed by atoms with Gasteiger partial charge in [-0.15, -0.1) is 12.4 Å². The molecule has 0 saturated carbocycles. The van der Waals surface area contributed by atoms with Crippen molar-refractivity contribution in [3.05, 3.63) is 47.5 Å². The Morgan fingerprint density at radius 1 is 1.03 bits per heavy atom. The molecule has 168 valence electrons. The zero-order valence-corrected chi connectivity index (χ0v) is 18.4. The summed E-state index contributed by atoms with van der Waals surface area (Å²) in [5.74, 6) is 2.42. The first kappa shape index (κ1) is 23.0. The average Bonchev–Trinajstić information content (AvgIpc) is 3.27. The number of methoxy groups -OCH3 is 2. The normalized spacial score (nSPS) is 16.2. The van der Waals surface area contributed by atoms with Crippen molar-refractivity contribution in [3.63, 3.8) is 0 Å². The first-order valence-corrected chi connectivity index (χ1v) is 9.90. The number of hydrogen-bond donors (Lipinski definition) is 1. The minimum Gasteiger partial charge on any atom is -0.497 e. The van der Waals surface area contributed by atoms with Gasteiger partial charge in [0.15, 0.2) is 11.5 Å². The summed E-state index contributed by atoms with van der Waals surface area (Å²) in [5, 5.41) is 3.06. The van der Waals surface area contributed by atoms with Gasteiger partial charge in [-0.25, -0.2) is 0 Å². The molecule has 1 N–H and O–H groups in total. The van der Waals surface area contributed by atoms with Crippen LogP contribution in [0.25, 0.3) is 0 Å². The van der Waals surface area contributed by atoms with Gasteiger partial charge >= 0.3 is 0 Å². The van der Waals surface area contributed by atoms with Gasteiger partial charge in [0.05, 0.1) is 33.5 Å². The lowest BCUT2D eigenvalue weighted by molar-refractivity contribution is 0.0162. The van der Waals surface area contributed by atoms with Crippen molar-refractivity contribution in [1.82, 2.24) is 10.2 Å². The van der Waals surface area contributed by atoms with Gasteiger partial charge in [-0.05, 0) is 29.8 Å². The summed E-state index contributed by atoms with van der Waals surface area (Å²) < 4.78 is 27.0. The molecule has 1 fully saturated rings. The second-order valence-electron chi connectivity index (χ2n) is 7.09. The second kappa shape index (κ2) is 10.6. The highest BCUT2D eigenvalue weighted by atomic mass is 35.5. The molecule has 2 aliphatic heterocycles. The van der Waals surface area contributed by atoms with Crippen LogP contribution in [-0.2, 0) is 4.74 Å². The molecule has 1 amide bonds. The van der Waals surface area contributed by atoms with Gasteiger partial charge < -0.3 is 29.0 Å². The minimum atomic E-state index is -0.189. The zero-order chi connectivity index (χ0) is 20.9. The smallest absolute Gasteiger partial charge is 0.251 e. The van der Waals surface area contributed by atoms with Crippen LogP contribution in [0.3, 0.4) is 0 Å². The van der Waals surface area contributed by atoms with Crippen LogP contribution in [0.15, 0.2) is 36.4 Å². The van der Waals surface area contributed by atoms with Crippen molar-refractivity contribution in [1.29, 1.82) is 0 Å². The monoisotopic (exact) mass is 450 g/mol. The Hall–Kier alpha value is -2.68. The van der Waals surface area contributed by atoms with E-state index < -0.39 is 0 Å². The molecule has 2 aliphatic rings. The molecule has 1 saturated heterocycles. The van der Waals surface area contributed by atoms with Crippen molar-refractivity contribution in [3.8, 4) is 23.0 Å². The molecule has 2 aromatic rings. The Labute approximate surface area is 187 Å². The number of rotatable bonds is 7. The van der Waals surface area contributed by atoms with E-state index in [9.17, 15) is 4.79 Å². The van der Waals surface area contributed by atoms with Gasteiger partial charge in [-0.1, -0.05) is 6.07 Å². The molecule has 0 bridgehead atoms. The van der Waals surface area contributed by atoms with Crippen LogP contribution in [0.2, 0.25) is 0 Å². The highest BCUT2D eigenvalue weighted by molar-refractivity contribution is 5.95. The van der Waals surface area contributed by atoms with E-state index in [4.69, 9.17) is 23.7 Å². The number of ether oxygens (including phenoxy) is 5. The van der Waals surface area contributed by atoms with E-state index >= 15 is 0 Å². The Bertz CT molecular complexity index is 881. The number of fused-ring (bicyclic) bond motifs is 1. The van der Waals surface area contributed by atoms with E-state index in [0.717, 1.165) is 30.2 Å². The van der Waals surface area contributed by atoms with Gasteiger partial charge in [-0.3, -0.25) is 9.69 Å². The molecule has 1 atom stereocenters. The van der Waals surface area contributed by atoms with E-state index in [-0.39, 0.29) is 31.1 Å². The lowest BCUT2D eigenvalue weighted by Gasteiger charge is -2.35. The van der Waals surface area contributed by atoms with Crippen LogP contribution in [0.5, 0.6) is 23.0 Å². The van der Waals surface area contributed by atoms with Crippen molar-refractivity contribution >= 4 is 18.3 Å². The molecule has 8 nitrogen and oxygen atoms in total. The number of amides is 1. The molecule has 0 spiro atoms. The van der Waals surface area contributed by atoms with Crippen LogP contribution in [-0.4, -0.2) is 64.7 Å². The van der Waals surface area contributed by atoms with Crippen LogP contribution < -0.4 is 24.3 Å². The molecule has 4 rings (SSSR count). The lowest BCUT2D eigenvalue weighted by atomic mass is 10.0. The molecule has 0 aromatic heterocycles. The summed E-state index contributed by atoms with van der Waals surface area (Å²) >= 11 is 0. The summed E-state index contributed by atoms with van der Waals surface area (Å²) in [6.45, 7) is 3.60. The van der Waals surface area contributed by atoms with E-state index in [1.165, 1.54) is 0 Å². The first-order chi connectivity index (χ1) is 14.7. The first-order valence-electron chi connectivity index (χ1n) is 9.90. The third kappa shape index (κ3) is 5.33. The molecule has 9 heteroatoms. The molecule has 31 heavy (non-hydrogen) atoms. The fourth-order valence-corrected chi connectivity index (χ4v) is 3.70. The second-order valence-corrected chi connectivity index (χ2v) is 7.09. The maximum atomic E-state index is 12.9. The molecule has 1 unspecified atom stereocenters. The number of hydrogen-bond acceptors (Lipinski definition) is 7. The third-order valence-electron chi connectivity index (χ3n) is 5.34. The molecular weight excluding hydrogens is 424 g/mol. The van der Waals surface area contributed by atoms with Crippen molar-refractivity contribution in [2.75, 3.05) is 53.9 Å². The third-order valence-corrected chi connectivity index (χ3v) is 5.34. The largest absolute Gasteiger partial charge is 0.497 e. The fourth-order valence-electron chi connectivity index (χ4n) is 3.70. The zero-order valence-electron chi connectivity index (χ0n) is 17.6. The van der Waals surface area contributed by atoms with Crippen molar-refractivity contribution in [2.24, 2.45) is 0 Å². The van der Waals surface area contributed by atoms with E-state index in [1.807, 2.05) is 18.2 Å². The topological polar surface area (TPSA) is 78.5 Å². The van der Waals surface area contributed by atoms with Crippen LogP contribution in [0, 0.1) is 0 Å². The van der Waals surface area contributed by atoms with Crippen LogP contribution in [0.4, 0.5) is 0 Å². The van der Waals surface area contributed by atoms with Gasteiger partial charge in [0.25, 0.3) is 5.91 Å². The Morgan fingerprint density at radius 2 is 1.71 bits per heavy atom. The maximum absolute atomic E-state index is 12.9.